The van der Waals surface area contributed by atoms with Crippen LogP contribution >= 0.6 is 0 Å². The first-order chi connectivity index (χ1) is 63.7. The lowest BCUT2D eigenvalue weighted by molar-refractivity contribution is -0.139. The first-order valence-corrected chi connectivity index (χ1v) is 52.1. The number of nitrogens with two attached hydrogens (primary N) is 4. The molecule has 0 radical (unpaired) electrons. The van der Waals surface area contributed by atoms with Crippen molar-refractivity contribution in [1.29, 1.82) is 0 Å². The van der Waals surface area contributed by atoms with Crippen LogP contribution < -0.4 is 32.4 Å². The average Bonchev–Trinajstić information content (AvgIpc) is 1.67. The molecule has 0 spiro atoms. The normalized spacial score (nSPS) is 25.6. The van der Waals surface area contributed by atoms with Crippen LogP contribution in [0, 0.1) is 93.5 Å². The molecule has 8 N–H and O–H groups in total. The van der Waals surface area contributed by atoms with E-state index in [9.17, 15) is 106 Å². The van der Waals surface area contributed by atoms with Crippen molar-refractivity contribution < 1.29 is 129 Å². The molecule has 8 bridgehead atoms. The number of fused-ring (bicyclic) bond motifs is 9. The highest BCUT2D eigenvalue weighted by Gasteiger charge is 2.55. The maximum absolute atomic E-state index is 14.1. The first-order valence-electron chi connectivity index (χ1n) is 45.7. The second kappa shape index (κ2) is 43.9. The molecule has 44 heteroatoms. The Hall–Kier alpha value is -7.86. The lowest BCUT2D eigenvalue weighted by atomic mass is 9.82. The van der Waals surface area contributed by atoms with Crippen molar-refractivity contribution >= 4 is 63.5 Å². The summed E-state index contributed by atoms with van der Waals surface area (Å²) in [5.41, 5.74) is 25.4. The Morgan fingerprint density at radius 2 is 0.726 bits per heavy atom. The number of nitrogens with zero attached hydrogens (tertiary/aromatic N) is 7. The SMILES string of the molecule is CC(C)(C(=O)N1C2CCC1CC([C@H](N)Cc1cc(F)c(F)cc1F)C2)S(=O)(=O)N1CCOCC1.COCCN(C)S(=O)(=O)CC(=O)N1C2CCC1CC([C@H](N)Cc1cc(F)c(F)cc1F)C2.N[C@H](Cc1cc(F)c(F)cc1F)C1CC2CCC(C1)N2C(=O)CCS(=O)(=O)c1ccc2c(c1)OCCO2.N[C@H](Cc1cc(F)c(F)cc1F)C1CC2CCC(C1)N2C(=O)CS(=O)(=O)N1CCOCC1. The van der Waals surface area contributed by atoms with E-state index in [2.05, 4.69) is 0 Å². The smallest absolute Gasteiger partial charge is 0.245 e. The van der Waals surface area contributed by atoms with Crippen LogP contribution in [0.2, 0.25) is 0 Å². The van der Waals surface area contributed by atoms with Crippen molar-refractivity contribution in [1.82, 2.24) is 32.5 Å². The molecule has 11 heterocycles. The minimum Gasteiger partial charge on any atom is -0.486 e. The molecule has 748 valence electrons. The van der Waals surface area contributed by atoms with Gasteiger partial charge in [0.25, 0.3) is 0 Å². The number of benzene rings is 5. The van der Waals surface area contributed by atoms with Gasteiger partial charge in [0.2, 0.25) is 53.7 Å². The summed E-state index contributed by atoms with van der Waals surface area (Å²) in [4.78, 5) is 59.4. The second-order valence-electron chi connectivity index (χ2n) is 37.7. The standard InChI is InChI=1S/C26H29F3N2O5S.C23H32F3N3O4S.C21H28F3N3O4S.C21H30F3N3O4S/c27-20-14-22(29)21(28)11-15(20)12-23(30)16-9-17-1-2-18(10-16)31(17)26(32)5-8-37(33,34)19-3-4-24-25(13-19)36-7-6-35-24;1-23(2,34(31,32)28-5-7-33-8-6-28)22(30)29-16-3-4-17(29)10-15(9-16)21(27)12-14-11-19(25)20(26)13-18(14)24;22-17-11-19(24)18(23)9-13(17)10-20(25)14-7-15-1-2-16(8-14)27(15)21(28)12-32(29,30)26-3-5-31-6-4-26;1-26(5-6-31-2)32(29,30)12-21(28)27-15-3-4-16(27)8-14(7-15)20(25)10-13-9-18(23)19(24)11-17(13)22/h3-4,11,13-14,16-18,23H,1-2,5-10,12,30H2;11,13,15-17,21H,3-10,12,27H2,1-2H3;9,11,14-16,20H,1-8,10,12,25H2;9,11,14-16,20H,3-8,10,12,25H2,1-2H3/t16?,17?,18?,23-;15?,16?,17?,21-;2*14?,15?,16?,20-/m1111/s1. The molecule has 135 heavy (non-hydrogen) atoms. The topological polar surface area (TPSA) is 378 Å². The Labute approximate surface area is 779 Å². The number of morpholine rings is 2. The fourth-order valence-corrected chi connectivity index (χ4v) is 26.7. The minimum atomic E-state index is -3.88. The summed E-state index contributed by atoms with van der Waals surface area (Å²) in [5.74, 6) is -15.0. The zero-order valence-corrected chi connectivity index (χ0v) is 78.9. The summed E-state index contributed by atoms with van der Waals surface area (Å²) in [7, 11) is -12.2. The van der Waals surface area contributed by atoms with E-state index in [4.69, 9.17) is 46.6 Å². The number of piperidine rings is 4. The van der Waals surface area contributed by atoms with E-state index in [0.717, 1.165) is 79.9 Å². The van der Waals surface area contributed by atoms with Gasteiger partial charge in [0.05, 0.1) is 43.7 Å². The van der Waals surface area contributed by atoms with Gasteiger partial charge in [0.15, 0.2) is 72.6 Å². The van der Waals surface area contributed by atoms with Crippen molar-refractivity contribution in [2.45, 2.75) is 231 Å². The van der Waals surface area contributed by atoms with Crippen LogP contribution in [0.15, 0.2) is 71.6 Å². The van der Waals surface area contributed by atoms with E-state index >= 15 is 0 Å². The molecule has 12 atom stereocenters. The number of likely N-dealkylation sites (N-methyl/N-ethyl adjacent to an activating group) is 1. The van der Waals surface area contributed by atoms with Crippen molar-refractivity contribution in [2.24, 2.45) is 46.6 Å². The van der Waals surface area contributed by atoms with E-state index in [0.29, 0.717) is 127 Å². The van der Waals surface area contributed by atoms with Gasteiger partial charge in [-0.25, -0.2) is 90.7 Å². The third kappa shape index (κ3) is 24.2. The van der Waals surface area contributed by atoms with Crippen molar-refractivity contribution in [3.05, 3.63) is 159 Å². The number of amides is 4. The lowest BCUT2D eigenvalue weighted by Gasteiger charge is -2.44. The largest absolute Gasteiger partial charge is 0.486 e. The van der Waals surface area contributed by atoms with Crippen molar-refractivity contribution in [3.8, 4) is 11.5 Å². The Morgan fingerprint density at radius 1 is 0.415 bits per heavy atom. The molecule has 0 saturated carbocycles. The van der Waals surface area contributed by atoms with Gasteiger partial charge in [-0.1, -0.05) is 0 Å². The summed E-state index contributed by atoms with van der Waals surface area (Å²) in [6.45, 7) is 6.26. The van der Waals surface area contributed by atoms with Crippen LogP contribution in [0.3, 0.4) is 0 Å². The quantitative estimate of drug-likeness (QED) is 0.0269. The van der Waals surface area contributed by atoms with Gasteiger partial charge in [-0.05, 0) is 225 Å². The predicted octanol–water partition coefficient (Wildman–Crippen LogP) is 8.62. The van der Waals surface area contributed by atoms with E-state index in [1.165, 1.54) is 48.7 Å². The monoisotopic (exact) mass is 1990 g/mol. The summed E-state index contributed by atoms with van der Waals surface area (Å²) >= 11 is 0. The van der Waals surface area contributed by atoms with Gasteiger partial charge in [-0.15, -0.1) is 0 Å². The molecule has 16 rings (SSSR count). The predicted molar refractivity (Wildman–Crippen MR) is 471 cm³/mol. The lowest BCUT2D eigenvalue weighted by Crippen LogP contribution is -2.60. The molecular weight excluding hydrogens is 1880 g/mol. The van der Waals surface area contributed by atoms with Crippen LogP contribution in [-0.2, 0) is 99.0 Å². The van der Waals surface area contributed by atoms with E-state index in [1.54, 1.807) is 25.7 Å². The third-order valence-electron chi connectivity index (χ3n) is 28.8. The van der Waals surface area contributed by atoms with Crippen LogP contribution in [0.5, 0.6) is 11.5 Å². The molecule has 4 amide bonds. The third-order valence-corrected chi connectivity index (χ3v) is 36.5. The molecule has 8 unspecified atom stereocenters. The van der Waals surface area contributed by atoms with Gasteiger partial charge >= 0.3 is 0 Å². The summed E-state index contributed by atoms with van der Waals surface area (Å²) in [6.07, 6.45) is 10.8. The maximum atomic E-state index is 14.1. The number of sulfone groups is 1. The van der Waals surface area contributed by atoms with E-state index in [-0.39, 0.29) is 182 Å². The number of ether oxygens (including phenoxy) is 5. The number of carbonyl (C=O) groups excluding carboxylic acids is 4. The van der Waals surface area contributed by atoms with Gasteiger partial charge in [0.1, 0.15) is 48.0 Å². The van der Waals surface area contributed by atoms with Crippen molar-refractivity contribution in [2.75, 3.05) is 110 Å². The molecule has 5 aromatic carbocycles. The number of halogens is 12. The number of methoxy groups -OCH3 is 1. The zero-order chi connectivity index (χ0) is 97.8. The molecule has 11 aliphatic heterocycles. The Morgan fingerprint density at radius 3 is 1.07 bits per heavy atom. The number of carbonyl (C=O) groups is 4. The van der Waals surface area contributed by atoms with Gasteiger partial charge in [-0.2, -0.15) is 8.61 Å². The first kappa shape index (κ1) is 104. The highest BCUT2D eigenvalue weighted by atomic mass is 32.2. The van der Waals surface area contributed by atoms with Crippen LogP contribution in [-0.4, -0.2) is 277 Å². The summed E-state index contributed by atoms with van der Waals surface area (Å²) in [6, 6.07) is 7.01. The van der Waals surface area contributed by atoms with E-state index in [1.807, 2.05) is 0 Å². The average molecular weight is 2000 g/mol. The maximum Gasteiger partial charge on any atom is 0.245 e. The molecule has 11 aliphatic rings. The minimum absolute atomic E-state index is 0.0180. The zero-order valence-electron chi connectivity index (χ0n) is 75.6. The molecule has 0 aromatic heterocycles. The molecular formula is C91H119F12N11O17S4. The molecule has 28 nitrogen and oxygen atoms in total. The van der Waals surface area contributed by atoms with Crippen molar-refractivity contribution in [3.63, 3.8) is 0 Å². The number of hydrogen-bond acceptors (Lipinski definition) is 21. The highest BCUT2D eigenvalue weighted by Crippen LogP contribution is 2.47. The van der Waals surface area contributed by atoms with Gasteiger partial charge in [-0.3, -0.25) is 19.2 Å². The molecule has 5 aromatic rings. The summed E-state index contributed by atoms with van der Waals surface area (Å²) < 4.78 is 294. The van der Waals surface area contributed by atoms with E-state index < -0.39 is 168 Å². The Balaban J connectivity index is 0.000000153. The molecule has 0 aliphatic carbocycles. The number of sulfonamides is 3. The number of rotatable bonds is 28. The second-order valence-corrected chi connectivity index (χ2v) is 46.4. The highest BCUT2D eigenvalue weighted by molar-refractivity contribution is 7.91. The Kier molecular flexibility index (Phi) is 34.0. The summed E-state index contributed by atoms with van der Waals surface area (Å²) in [5, 5.41) is 0. The van der Waals surface area contributed by atoms with Gasteiger partial charge < -0.3 is 66.2 Å². The fourth-order valence-electron chi connectivity index (χ4n) is 21.5. The molecule has 10 fully saturated rings. The number of hydrogen-bond donors (Lipinski definition) is 4. The van der Waals surface area contributed by atoms with Crippen LogP contribution in [0.1, 0.15) is 145 Å². The fraction of sp³-hybridized carbons (Fsp3) is 0.626. The van der Waals surface area contributed by atoms with Gasteiger partial charge in [0, 0.05) is 156 Å². The Bertz CT molecular complexity index is 5550. The van der Waals surface area contributed by atoms with Crippen LogP contribution in [0.4, 0.5) is 52.7 Å². The molecule has 10 saturated heterocycles. The van der Waals surface area contributed by atoms with Crippen LogP contribution in [0.25, 0.3) is 0 Å².